The summed E-state index contributed by atoms with van der Waals surface area (Å²) in [6, 6.07) is -0.0254. The number of hydrogen-bond acceptors (Lipinski definition) is 5. The molecule has 1 unspecified atom stereocenters. The van der Waals surface area contributed by atoms with E-state index in [4.69, 9.17) is 9.15 Å². The number of carbonyl (C=O) groups excluding carboxylic acids is 1. The Balaban J connectivity index is 1.54. The number of rotatable bonds is 2. The fourth-order valence-electron chi connectivity index (χ4n) is 3.99. The monoisotopic (exact) mass is 348 g/mol. The number of urea groups is 1. The molecule has 0 bridgehead atoms. The fourth-order valence-corrected chi connectivity index (χ4v) is 3.99. The van der Waals surface area contributed by atoms with Crippen molar-refractivity contribution in [3.63, 3.8) is 0 Å². The molecule has 1 aromatic rings. The lowest BCUT2D eigenvalue weighted by Crippen LogP contribution is -2.60. The van der Waals surface area contributed by atoms with Gasteiger partial charge in [-0.1, -0.05) is 6.42 Å². The molecule has 138 valence electrons. The number of nitrogens with zero attached hydrogens (tertiary/aromatic N) is 4. The second kappa shape index (κ2) is 6.59. The molecule has 0 radical (unpaired) electrons. The van der Waals surface area contributed by atoms with Crippen LogP contribution in [0.3, 0.4) is 0 Å². The van der Waals surface area contributed by atoms with E-state index < -0.39 is 0 Å². The van der Waals surface area contributed by atoms with E-state index in [1.165, 1.54) is 6.42 Å². The number of morpholine rings is 1. The molecule has 1 atom stereocenters. The van der Waals surface area contributed by atoms with Crippen LogP contribution in [-0.4, -0.2) is 57.9 Å². The molecule has 3 fully saturated rings. The van der Waals surface area contributed by atoms with Crippen LogP contribution < -0.4 is 0 Å². The van der Waals surface area contributed by atoms with Crippen LogP contribution in [0.1, 0.15) is 76.1 Å². The Morgan fingerprint density at radius 3 is 2.60 bits per heavy atom. The standard InChI is InChI=1S/C18H28N4O3/c1-18(2)12-24-11-10-22(18)17(23)21-9-4-3-8-14(21)16-20-19-15(25-16)13-6-5-7-13/h13-14H,3-12H2,1-2H3. The second-order valence-electron chi connectivity index (χ2n) is 8.11. The number of piperidine rings is 1. The second-order valence-corrected chi connectivity index (χ2v) is 8.11. The van der Waals surface area contributed by atoms with Crippen molar-refractivity contribution in [2.45, 2.75) is 69.9 Å². The van der Waals surface area contributed by atoms with E-state index in [1.54, 1.807) is 0 Å². The summed E-state index contributed by atoms with van der Waals surface area (Å²) in [6.07, 6.45) is 6.51. The van der Waals surface area contributed by atoms with Gasteiger partial charge in [0.1, 0.15) is 6.04 Å². The molecule has 0 N–H and O–H groups in total. The number of carbonyl (C=O) groups is 1. The van der Waals surface area contributed by atoms with Gasteiger partial charge in [0.2, 0.25) is 11.8 Å². The Kier molecular flexibility index (Phi) is 4.43. The normalized spacial score (nSPS) is 27.2. The van der Waals surface area contributed by atoms with Gasteiger partial charge in [0.25, 0.3) is 0 Å². The first-order chi connectivity index (χ1) is 12.1. The maximum absolute atomic E-state index is 13.3. The van der Waals surface area contributed by atoms with Gasteiger partial charge in [0.15, 0.2) is 0 Å². The minimum absolute atomic E-state index is 0.0707. The highest BCUT2D eigenvalue weighted by Gasteiger charge is 2.41. The first kappa shape index (κ1) is 16.8. The predicted molar refractivity (Wildman–Crippen MR) is 91.2 cm³/mol. The number of hydrogen-bond donors (Lipinski definition) is 0. The molecule has 2 amide bonds. The average molecular weight is 348 g/mol. The van der Waals surface area contributed by atoms with Gasteiger partial charge in [-0.05, 0) is 46.0 Å². The molecule has 1 aromatic heterocycles. The van der Waals surface area contributed by atoms with Gasteiger partial charge in [-0.15, -0.1) is 10.2 Å². The Morgan fingerprint density at radius 1 is 1.08 bits per heavy atom. The van der Waals surface area contributed by atoms with E-state index in [0.717, 1.165) is 44.5 Å². The highest BCUT2D eigenvalue weighted by atomic mass is 16.5. The third-order valence-corrected chi connectivity index (χ3v) is 5.82. The highest BCUT2D eigenvalue weighted by molar-refractivity contribution is 5.76. The Hall–Kier alpha value is -1.63. The molecule has 3 aliphatic rings. The molecular formula is C18H28N4O3. The Labute approximate surface area is 148 Å². The number of likely N-dealkylation sites (tertiary alicyclic amines) is 1. The minimum atomic E-state index is -0.288. The van der Waals surface area contributed by atoms with E-state index in [2.05, 4.69) is 24.0 Å². The van der Waals surface area contributed by atoms with Crippen molar-refractivity contribution in [1.29, 1.82) is 0 Å². The Bertz CT molecular complexity index is 626. The van der Waals surface area contributed by atoms with Gasteiger partial charge >= 0.3 is 6.03 Å². The predicted octanol–water partition coefficient (Wildman–Crippen LogP) is 3.09. The van der Waals surface area contributed by atoms with Gasteiger partial charge in [0, 0.05) is 19.0 Å². The van der Waals surface area contributed by atoms with E-state index in [-0.39, 0.29) is 17.6 Å². The SMILES string of the molecule is CC1(C)COCCN1C(=O)N1CCCCC1c1nnc(C2CCC2)o1. The van der Waals surface area contributed by atoms with Crippen LogP contribution in [0.4, 0.5) is 4.79 Å². The highest BCUT2D eigenvalue weighted by Crippen LogP contribution is 2.38. The van der Waals surface area contributed by atoms with Crippen LogP contribution in [0.2, 0.25) is 0 Å². The lowest BCUT2D eigenvalue weighted by molar-refractivity contribution is -0.0399. The fraction of sp³-hybridized carbons (Fsp3) is 0.833. The van der Waals surface area contributed by atoms with Crippen molar-refractivity contribution < 1.29 is 13.9 Å². The topological polar surface area (TPSA) is 71.7 Å². The van der Waals surface area contributed by atoms with Crippen molar-refractivity contribution >= 4 is 6.03 Å². The zero-order valence-electron chi connectivity index (χ0n) is 15.2. The average Bonchev–Trinajstić information content (AvgIpc) is 3.01. The maximum Gasteiger partial charge on any atom is 0.321 e. The molecule has 1 saturated carbocycles. The Morgan fingerprint density at radius 2 is 1.88 bits per heavy atom. The zero-order chi connectivity index (χ0) is 17.4. The zero-order valence-corrected chi connectivity index (χ0v) is 15.2. The van der Waals surface area contributed by atoms with Crippen LogP contribution in [0, 0.1) is 0 Å². The summed E-state index contributed by atoms with van der Waals surface area (Å²) in [5, 5.41) is 8.56. The lowest BCUT2D eigenvalue weighted by Gasteiger charge is -2.46. The van der Waals surface area contributed by atoms with E-state index in [1.807, 2.05) is 9.80 Å². The summed E-state index contributed by atoms with van der Waals surface area (Å²) in [6.45, 7) is 6.67. The lowest BCUT2D eigenvalue weighted by atomic mass is 9.85. The van der Waals surface area contributed by atoms with Crippen molar-refractivity contribution in [3.05, 3.63) is 11.8 Å². The van der Waals surface area contributed by atoms with Crippen molar-refractivity contribution in [3.8, 4) is 0 Å². The van der Waals surface area contributed by atoms with Crippen LogP contribution in [0.25, 0.3) is 0 Å². The van der Waals surface area contributed by atoms with Crippen LogP contribution in [0.5, 0.6) is 0 Å². The molecular weight excluding hydrogens is 320 g/mol. The van der Waals surface area contributed by atoms with Crippen LogP contribution in [0.15, 0.2) is 4.42 Å². The van der Waals surface area contributed by atoms with Crippen molar-refractivity contribution in [2.24, 2.45) is 0 Å². The number of ether oxygens (including phenoxy) is 1. The molecule has 2 saturated heterocycles. The van der Waals surface area contributed by atoms with Gasteiger partial charge in [-0.2, -0.15) is 0 Å². The molecule has 7 heteroatoms. The van der Waals surface area contributed by atoms with Crippen LogP contribution in [-0.2, 0) is 4.74 Å². The summed E-state index contributed by atoms with van der Waals surface area (Å²) >= 11 is 0. The van der Waals surface area contributed by atoms with Gasteiger partial charge in [-0.25, -0.2) is 4.79 Å². The maximum atomic E-state index is 13.3. The first-order valence-electron chi connectivity index (χ1n) is 9.55. The molecule has 7 nitrogen and oxygen atoms in total. The molecule has 1 aliphatic carbocycles. The van der Waals surface area contributed by atoms with E-state index in [9.17, 15) is 4.79 Å². The summed E-state index contributed by atoms with van der Waals surface area (Å²) in [4.78, 5) is 17.1. The number of aromatic nitrogens is 2. The quantitative estimate of drug-likeness (QED) is 0.821. The van der Waals surface area contributed by atoms with Gasteiger partial charge in [-0.3, -0.25) is 0 Å². The van der Waals surface area contributed by atoms with Crippen molar-refractivity contribution in [2.75, 3.05) is 26.3 Å². The number of amides is 2. The summed E-state index contributed by atoms with van der Waals surface area (Å²) in [7, 11) is 0. The van der Waals surface area contributed by atoms with E-state index >= 15 is 0 Å². The molecule has 0 spiro atoms. The van der Waals surface area contributed by atoms with E-state index in [0.29, 0.717) is 31.6 Å². The minimum Gasteiger partial charge on any atom is -0.423 e. The molecule has 0 aromatic carbocycles. The third-order valence-electron chi connectivity index (χ3n) is 5.82. The largest absolute Gasteiger partial charge is 0.423 e. The van der Waals surface area contributed by atoms with Gasteiger partial charge < -0.3 is 19.0 Å². The molecule has 2 aliphatic heterocycles. The van der Waals surface area contributed by atoms with Gasteiger partial charge in [0.05, 0.1) is 18.8 Å². The summed E-state index contributed by atoms with van der Waals surface area (Å²) in [5.74, 6) is 1.79. The summed E-state index contributed by atoms with van der Waals surface area (Å²) in [5.41, 5.74) is -0.288. The summed E-state index contributed by atoms with van der Waals surface area (Å²) < 4.78 is 11.5. The van der Waals surface area contributed by atoms with Crippen molar-refractivity contribution in [1.82, 2.24) is 20.0 Å². The molecule has 25 heavy (non-hydrogen) atoms. The third kappa shape index (κ3) is 3.14. The first-order valence-corrected chi connectivity index (χ1v) is 9.55. The molecule has 3 heterocycles. The molecule has 4 rings (SSSR count). The van der Waals surface area contributed by atoms with Crippen LogP contribution >= 0.6 is 0 Å². The smallest absolute Gasteiger partial charge is 0.321 e.